The molecule has 3 N–H and O–H groups in total. The summed E-state index contributed by atoms with van der Waals surface area (Å²) >= 11 is 6.65. The number of aldehydes is 1. The van der Waals surface area contributed by atoms with E-state index in [0.29, 0.717) is 18.0 Å². The van der Waals surface area contributed by atoms with E-state index in [4.69, 9.17) is 36.4 Å². The number of allylic oxidation sites excluding steroid dienone is 1. The van der Waals surface area contributed by atoms with Gasteiger partial charge in [0.25, 0.3) is 5.69 Å². The molecule has 0 fully saturated rings. The number of aliphatic carboxylic acids is 1. The van der Waals surface area contributed by atoms with Crippen LogP contribution >= 0.6 is 23.4 Å². The van der Waals surface area contributed by atoms with Gasteiger partial charge in [0.1, 0.15) is 22.2 Å². The number of halogens is 4. The van der Waals surface area contributed by atoms with E-state index in [1.54, 1.807) is 12.1 Å². The molecule has 0 unspecified atom stereocenters. The quantitative estimate of drug-likeness (QED) is 0.0487. The van der Waals surface area contributed by atoms with E-state index >= 15 is 0 Å². The number of carbonyl (C=O) groups excluding carboxylic acids is 1. The van der Waals surface area contributed by atoms with Crippen LogP contribution in [-0.4, -0.2) is 72.2 Å². The third-order valence-electron chi connectivity index (χ3n) is 8.86. The topological polar surface area (TPSA) is 221 Å². The molecular formula is C41H36ClF3N4O11S. The molecule has 0 bridgehead atoms. The molecule has 3 aromatic carbocycles. The second-order valence-corrected chi connectivity index (χ2v) is 15.0. The Balaban J connectivity index is 0.000000206. The van der Waals surface area contributed by atoms with E-state index in [-0.39, 0.29) is 43.3 Å². The minimum absolute atomic E-state index is 0.00278. The van der Waals surface area contributed by atoms with Crippen molar-refractivity contribution in [1.82, 2.24) is 14.5 Å². The summed E-state index contributed by atoms with van der Waals surface area (Å²) in [6.45, 7) is 6.73. The first-order chi connectivity index (χ1) is 28.6. The predicted octanol–water partition coefficient (Wildman–Crippen LogP) is 9.21. The van der Waals surface area contributed by atoms with Gasteiger partial charge in [0.05, 0.1) is 39.4 Å². The number of hydrogen-bond donors (Lipinski definition) is 3. The van der Waals surface area contributed by atoms with Gasteiger partial charge < -0.3 is 29.4 Å². The Labute approximate surface area is 354 Å². The fourth-order valence-electron chi connectivity index (χ4n) is 5.48. The SMILES string of the molecule is CC(=Cc1ccc(C(=O)O)cc1)c1ccc2c(c1)C(C)(C)CCO2.Cn1c(C(=O)O)cnc1Sc1ncc(C(F)(F)F)cc1Cl.O=Cc1cc([N+](=O)[O-])ccc1OCC(=O)O. The van der Waals surface area contributed by atoms with E-state index < -0.39 is 41.2 Å². The summed E-state index contributed by atoms with van der Waals surface area (Å²) in [4.78, 5) is 59.9. The van der Waals surface area contributed by atoms with Crippen molar-refractivity contribution in [3.8, 4) is 11.5 Å². The molecule has 5 aromatic rings. The first-order valence-electron chi connectivity index (χ1n) is 17.6. The molecule has 0 saturated heterocycles. The normalized spacial score (nSPS) is 12.9. The van der Waals surface area contributed by atoms with Gasteiger partial charge in [-0.05, 0) is 83.6 Å². The van der Waals surface area contributed by atoms with Gasteiger partial charge in [0, 0.05) is 30.9 Å². The Bertz CT molecular complexity index is 2490. The average Bonchev–Trinajstić information content (AvgIpc) is 3.57. The summed E-state index contributed by atoms with van der Waals surface area (Å²) in [7, 11) is 1.47. The molecule has 1 aliphatic rings. The second kappa shape index (κ2) is 20.0. The highest BCUT2D eigenvalue weighted by atomic mass is 35.5. The Morgan fingerprint density at radius 2 is 1.67 bits per heavy atom. The molecule has 0 atom stereocenters. The predicted molar refractivity (Wildman–Crippen MR) is 217 cm³/mol. The number of ether oxygens (including phenoxy) is 2. The number of aromatic nitrogens is 3. The van der Waals surface area contributed by atoms with Gasteiger partial charge in [-0.25, -0.2) is 24.4 Å². The average molecular weight is 885 g/mol. The van der Waals surface area contributed by atoms with Crippen molar-refractivity contribution in [2.24, 2.45) is 7.05 Å². The van der Waals surface area contributed by atoms with Crippen LogP contribution in [0.5, 0.6) is 11.5 Å². The van der Waals surface area contributed by atoms with Crippen LogP contribution in [0.15, 0.2) is 89.3 Å². The van der Waals surface area contributed by atoms with Gasteiger partial charge >= 0.3 is 24.1 Å². The number of fused-ring (bicyclic) bond motifs is 1. The number of nitro groups is 1. The van der Waals surface area contributed by atoms with Crippen molar-refractivity contribution >= 4 is 64.9 Å². The number of pyridine rings is 1. The summed E-state index contributed by atoms with van der Waals surface area (Å²) < 4.78 is 49.3. The zero-order valence-corrected chi connectivity index (χ0v) is 34.2. The van der Waals surface area contributed by atoms with Crippen LogP contribution in [0.25, 0.3) is 11.6 Å². The number of aromatic carboxylic acids is 2. The Morgan fingerprint density at radius 3 is 2.23 bits per heavy atom. The standard InChI is InChI=1S/C21H22O3.C11H7ClF3N3O2S.C9H7NO6/c1-14(12-15-4-6-16(7-5-15)20(22)23)17-8-9-19-18(13-17)21(2,3)10-11-24-19;1-18-7(9(19)20)4-17-10(18)21-8-6(12)2-5(3-16-8)11(13,14)15;11-4-6-3-7(10(14)15)1-2-8(6)16-5-9(12)13/h4-9,12-13H,10-11H2,1-3H3,(H,22,23);2-4H,1H3,(H,19,20);1-4H,5H2,(H,12,13). The molecule has 3 heterocycles. The number of carbonyl (C=O) groups is 4. The summed E-state index contributed by atoms with van der Waals surface area (Å²) in [6, 6.07) is 17.4. The van der Waals surface area contributed by atoms with Crippen LogP contribution in [-0.2, 0) is 23.4 Å². The van der Waals surface area contributed by atoms with Crippen LogP contribution in [0.1, 0.15) is 80.7 Å². The van der Waals surface area contributed by atoms with Crippen LogP contribution in [0.2, 0.25) is 5.02 Å². The van der Waals surface area contributed by atoms with E-state index in [0.717, 1.165) is 71.6 Å². The number of hydrogen-bond acceptors (Lipinski definition) is 11. The fraction of sp³-hybridized carbons (Fsp3) is 0.220. The van der Waals surface area contributed by atoms with E-state index in [2.05, 4.69) is 55.0 Å². The first-order valence-corrected chi connectivity index (χ1v) is 18.8. The molecule has 15 nitrogen and oxygen atoms in total. The highest BCUT2D eigenvalue weighted by molar-refractivity contribution is 7.99. The minimum Gasteiger partial charge on any atom is -0.493 e. The molecular weight excluding hydrogens is 849 g/mol. The number of imidazole rings is 1. The van der Waals surface area contributed by atoms with Crippen molar-refractivity contribution in [3.63, 3.8) is 0 Å². The monoisotopic (exact) mass is 884 g/mol. The number of carboxylic acid groups (broad SMARTS) is 3. The molecule has 0 amide bonds. The Kier molecular flexibility index (Phi) is 15.4. The number of nitro benzene ring substituents is 1. The lowest BCUT2D eigenvalue weighted by atomic mass is 9.79. The summed E-state index contributed by atoms with van der Waals surface area (Å²) in [5.74, 6) is -2.28. The van der Waals surface area contributed by atoms with Crippen molar-refractivity contribution < 1.29 is 62.1 Å². The first kappa shape index (κ1) is 47.0. The zero-order valence-electron chi connectivity index (χ0n) is 32.6. The molecule has 0 saturated carbocycles. The Hall–Kier alpha value is -6.73. The van der Waals surface area contributed by atoms with Crippen LogP contribution < -0.4 is 9.47 Å². The molecule has 0 spiro atoms. The molecule has 20 heteroatoms. The number of carboxylic acids is 3. The van der Waals surface area contributed by atoms with Crippen LogP contribution in [0.3, 0.4) is 0 Å². The highest BCUT2D eigenvalue weighted by Crippen LogP contribution is 2.40. The maximum Gasteiger partial charge on any atom is 0.417 e. The van der Waals surface area contributed by atoms with Gasteiger partial charge in [-0.3, -0.25) is 14.9 Å². The van der Waals surface area contributed by atoms with Gasteiger partial charge in [0.2, 0.25) is 0 Å². The number of benzene rings is 3. The molecule has 320 valence electrons. The van der Waals surface area contributed by atoms with Crippen molar-refractivity contribution in [2.75, 3.05) is 13.2 Å². The number of rotatable bonds is 11. The van der Waals surface area contributed by atoms with Gasteiger partial charge in [-0.15, -0.1) is 0 Å². The fourth-order valence-corrected chi connectivity index (χ4v) is 6.53. The zero-order chi connectivity index (χ0) is 45.2. The van der Waals surface area contributed by atoms with Crippen LogP contribution in [0, 0.1) is 10.1 Å². The number of nitrogens with zero attached hydrogens (tertiary/aromatic N) is 4. The second-order valence-electron chi connectivity index (χ2n) is 13.6. The van der Waals surface area contributed by atoms with Crippen molar-refractivity contribution in [2.45, 2.75) is 49.0 Å². The number of alkyl halides is 3. The molecule has 61 heavy (non-hydrogen) atoms. The lowest BCUT2D eigenvalue weighted by Crippen LogP contribution is -2.26. The van der Waals surface area contributed by atoms with Gasteiger partial charge in [-0.1, -0.05) is 49.7 Å². The van der Waals surface area contributed by atoms with E-state index in [1.165, 1.54) is 23.2 Å². The summed E-state index contributed by atoms with van der Waals surface area (Å²) in [5.41, 5.74) is 3.64. The lowest BCUT2D eigenvalue weighted by molar-refractivity contribution is -0.384. The van der Waals surface area contributed by atoms with E-state index in [9.17, 15) is 42.5 Å². The van der Waals surface area contributed by atoms with Crippen LogP contribution in [0.4, 0.5) is 18.9 Å². The Morgan fingerprint density at radius 1 is 1.00 bits per heavy atom. The highest BCUT2D eigenvalue weighted by Gasteiger charge is 2.32. The smallest absolute Gasteiger partial charge is 0.417 e. The summed E-state index contributed by atoms with van der Waals surface area (Å²) in [6.07, 6.45) is 0.731. The molecule has 2 aromatic heterocycles. The number of non-ortho nitro benzene ring substituents is 1. The molecule has 0 radical (unpaired) electrons. The largest absolute Gasteiger partial charge is 0.493 e. The van der Waals surface area contributed by atoms with Crippen molar-refractivity contribution in [3.05, 3.63) is 133 Å². The molecule has 1 aliphatic heterocycles. The van der Waals surface area contributed by atoms with Crippen molar-refractivity contribution in [1.29, 1.82) is 0 Å². The van der Waals surface area contributed by atoms with Gasteiger partial charge in [-0.2, -0.15) is 13.2 Å². The summed E-state index contributed by atoms with van der Waals surface area (Å²) in [5, 5.41) is 36.8. The lowest BCUT2D eigenvalue weighted by Gasteiger charge is -2.32. The molecule has 6 rings (SSSR count). The maximum atomic E-state index is 12.5. The third-order valence-corrected chi connectivity index (χ3v) is 10.3. The van der Waals surface area contributed by atoms with Gasteiger partial charge in [0.15, 0.2) is 18.0 Å². The molecule has 0 aliphatic carbocycles. The maximum absolute atomic E-state index is 12.5. The van der Waals surface area contributed by atoms with E-state index in [1.807, 2.05) is 12.1 Å². The minimum atomic E-state index is -4.53. The third kappa shape index (κ3) is 12.6.